The van der Waals surface area contributed by atoms with Gasteiger partial charge in [-0.1, -0.05) is 26.2 Å². The number of hydrogen-bond donors (Lipinski definition) is 1. The Hall–Kier alpha value is -1.20. The molecule has 5 heteroatoms. The van der Waals surface area contributed by atoms with Gasteiger partial charge in [0.2, 0.25) is 0 Å². The maximum absolute atomic E-state index is 12.8. The van der Waals surface area contributed by atoms with Gasteiger partial charge in [-0.2, -0.15) is 0 Å². The average molecular weight is 360 g/mol. The van der Waals surface area contributed by atoms with Crippen molar-refractivity contribution < 1.29 is 0 Å². The molecule has 2 atom stereocenters. The van der Waals surface area contributed by atoms with E-state index in [2.05, 4.69) is 23.7 Å². The second kappa shape index (κ2) is 7.20. The minimum absolute atomic E-state index is 0.0750. The lowest BCUT2D eigenvalue weighted by molar-refractivity contribution is 0.185. The minimum atomic E-state index is 0.0750. The summed E-state index contributed by atoms with van der Waals surface area (Å²) in [6.45, 7) is 6.73. The van der Waals surface area contributed by atoms with Crippen molar-refractivity contribution in [1.82, 2.24) is 14.9 Å². The first-order valence-corrected chi connectivity index (χ1v) is 10.7. The maximum atomic E-state index is 12.8. The fourth-order valence-electron chi connectivity index (χ4n) is 4.40. The summed E-state index contributed by atoms with van der Waals surface area (Å²) in [5.74, 6) is 1.57. The minimum Gasteiger partial charge on any atom is -0.309 e. The third-order valence-corrected chi connectivity index (χ3v) is 7.17. The molecule has 0 saturated carbocycles. The van der Waals surface area contributed by atoms with Gasteiger partial charge in [0, 0.05) is 4.88 Å². The zero-order valence-corrected chi connectivity index (χ0v) is 16.3. The van der Waals surface area contributed by atoms with Crippen molar-refractivity contribution in [3.63, 3.8) is 0 Å². The molecule has 1 aliphatic carbocycles. The van der Waals surface area contributed by atoms with E-state index >= 15 is 0 Å². The summed E-state index contributed by atoms with van der Waals surface area (Å²) in [6, 6.07) is 0.188. The van der Waals surface area contributed by atoms with Crippen LogP contribution in [-0.2, 0) is 12.8 Å². The quantitative estimate of drug-likeness (QED) is 0.862. The maximum Gasteiger partial charge on any atom is 0.259 e. The summed E-state index contributed by atoms with van der Waals surface area (Å²) in [6.07, 6.45) is 9.83. The molecule has 4 nitrogen and oxygen atoms in total. The number of fused-ring (bicyclic) bond motifs is 3. The zero-order chi connectivity index (χ0) is 17.4. The highest BCUT2D eigenvalue weighted by atomic mass is 32.1. The molecule has 2 aliphatic rings. The van der Waals surface area contributed by atoms with E-state index in [0.29, 0.717) is 0 Å². The molecular formula is C20H29N3OS. The molecule has 0 aromatic carbocycles. The fraction of sp³-hybridized carbons (Fsp3) is 0.700. The fourth-order valence-corrected chi connectivity index (χ4v) is 5.79. The molecule has 2 aromatic heterocycles. The van der Waals surface area contributed by atoms with Gasteiger partial charge in [0.25, 0.3) is 5.56 Å². The van der Waals surface area contributed by atoms with E-state index in [1.54, 1.807) is 11.3 Å². The lowest BCUT2D eigenvalue weighted by Gasteiger charge is -2.29. The molecule has 1 aliphatic heterocycles. The number of thiophene rings is 1. The monoisotopic (exact) mass is 359 g/mol. The zero-order valence-electron chi connectivity index (χ0n) is 15.4. The van der Waals surface area contributed by atoms with Crippen LogP contribution in [0.1, 0.15) is 74.7 Å². The Morgan fingerprint density at radius 1 is 1.20 bits per heavy atom. The number of nitrogens with zero attached hydrogens (tertiary/aromatic N) is 2. The van der Waals surface area contributed by atoms with Gasteiger partial charge in [0.05, 0.1) is 11.4 Å². The van der Waals surface area contributed by atoms with Gasteiger partial charge in [-0.25, -0.2) is 4.98 Å². The van der Waals surface area contributed by atoms with Gasteiger partial charge in [0.15, 0.2) is 0 Å². The van der Waals surface area contributed by atoms with Gasteiger partial charge < -0.3 is 4.98 Å². The molecule has 2 aromatic rings. The van der Waals surface area contributed by atoms with Crippen molar-refractivity contribution in [2.24, 2.45) is 5.92 Å². The second-order valence-electron chi connectivity index (χ2n) is 7.96. The number of hydrogen-bond acceptors (Lipinski definition) is 4. The molecule has 4 rings (SSSR count). The van der Waals surface area contributed by atoms with E-state index in [0.717, 1.165) is 47.9 Å². The molecule has 1 N–H and O–H groups in total. The van der Waals surface area contributed by atoms with Crippen molar-refractivity contribution in [2.75, 3.05) is 13.1 Å². The molecule has 0 radical (unpaired) electrons. The van der Waals surface area contributed by atoms with Crippen molar-refractivity contribution in [2.45, 2.75) is 71.3 Å². The van der Waals surface area contributed by atoms with Crippen LogP contribution in [0.3, 0.4) is 0 Å². The smallest absolute Gasteiger partial charge is 0.259 e. The van der Waals surface area contributed by atoms with Gasteiger partial charge in [-0.05, 0) is 63.6 Å². The molecule has 3 heterocycles. The Labute approximate surface area is 153 Å². The van der Waals surface area contributed by atoms with E-state index in [1.165, 1.54) is 49.0 Å². The Kier molecular flexibility index (Phi) is 4.96. The van der Waals surface area contributed by atoms with E-state index < -0.39 is 0 Å². The van der Waals surface area contributed by atoms with E-state index in [-0.39, 0.29) is 11.6 Å². The Bertz CT molecular complexity index is 801. The van der Waals surface area contributed by atoms with Gasteiger partial charge in [-0.15, -0.1) is 11.3 Å². The number of likely N-dealkylation sites (tertiary alicyclic amines) is 1. The molecule has 0 spiro atoms. The van der Waals surface area contributed by atoms with Crippen LogP contribution >= 0.6 is 11.3 Å². The summed E-state index contributed by atoms with van der Waals surface area (Å²) in [4.78, 5) is 25.7. The van der Waals surface area contributed by atoms with Crippen LogP contribution in [0.4, 0.5) is 0 Å². The van der Waals surface area contributed by atoms with Crippen molar-refractivity contribution >= 4 is 21.6 Å². The largest absolute Gasteiger partial charge is 0.309 e. The Balaban J connectivity index is 1.67. The lowest BCUT2D eigenvalue weighted by atomic mass is 9.89. The van der Waals surface area contributed by atoms with E-state index in [1.807, 2.05) is 0 Å². The molecule has 0 unspecified atom stereocenters. The first-order valence-electron chi connectivity index (χ1n) is 9.92. The first kappa shape index (κ1) is 17.2. The van der Waals surface area contributed by atoms with Crippen molar-refractivity contribution in [3.8, 4) is 0 Å². The van der Waals surface area contributed by atoms with Crippen LogP contribution in [0.15, 0.2) is 4.79 Å². The highest BCUT2D eigenvalue weighted by molar-refractivity contribution is 7.18. The van der Waals surface area contributed by atoms with Crippen LogP contribution in [0, 0.1) is 5.92 Å². The summed E-state index contributed by atoms with van der Waals surface area (Å²) in [5.41, 5.74) is 1.35. The van der Waals surface area contributed by atoms with E-state index in [9.17, 15) is 4.79 Å². The molecule has 1 fully saturated rings. The van der Waals surface area contributed by atoms with Crippen LogP contribution in [0.2, 0.25) is 0 Å². The number of rotatable bonds is 2. The molecule has 25 heavy (non-hydrogen) atoms. The van der Waals surface area contributed by atoms with Crippen LogP contribution in [0.5, 0.6) is 0 Å². The van der Waals surface area contributed by atoms with Gasteiger partial charge in [-0.3, -0.25) is 9.69 Å². The second-order valence-corrected chi connectivity index (χ2v) is 9.05. The number of H-pyrrole nitrogens is 1. The molecule has 136 valence electrons. The molecule has 0 bridgehead atoms. The molecule has 0 amide bonds. The van der Waals surface area contributed by atoms with Crippen molar-refractivity contribution in [1.29, 1.82) is 0 Å². The van der Waals surface area contributed by atoms with Gasteiger partial charge >= 0.3 is 0 Å². The summed E-state index contributed by atoms with van der Waals surface area (Å²) < 4.78 is 0. The summed E-state index contributed by atoms with van der Waals surface area (Å²) in [5, 5.41) is 0.871. The number of aromatic amines is 1. The number of aryl methyl sites for hydroxylation is 1. The molecule has 1 saturated heterocycles. The van der Waals surface area contributed by atoms with Gasteiger partial charge in [0.1, 0.15) is 10.7 Å². The lowest BCUT2D eigenvalue weighted by Crippen LogP contribution is -2.32. The predicted molar refractivity (Wildman–Crippen MR) is 105 cm³/mol. The first-order chi connectivity index (χ1) is 12.1. The molecular weight excluding hydrogens is 330 g/mol. The SMILES string of the molecule is C[C@H]1CCc2c(sc3nc([C@H](C)N4CCCCCCC4)[nH]c(=O)c23)C1. The number of aromatic nitrogens is 2. The standard InChI is InChI=1S/C20H29N3OS/c1-13-8-9-15-16(12-13)25-20-17(15)19(24)21-18(22-20)14(2)23-10-6-4-3-5-7-11-23/h13-14H,3-12H2,1-2H3,(H,21,22,24)/t13-,14-/m0/s1. The normalized spacial score (nSPS) is 23.8. The highest BCUT2D eigenvalue weighted by Gasteiger charge is 2.25. The average Bonchev–Trinajstić information content (AvgIpc) is 2.91. The van der Waals surface area contributed by atoms with Crippen LogP contribution in [0.25, 0.3) is 10.2 Å². The predicted octanol–water partition coefficient (Wildman–Crippen LogP) is 4.44. The third kappa shape index (κ3) is 3.41. The third-order valence-electron chi connectivity index (χ3n) is 6.02. The summed E-state index contributed by atoms with van der Waals surface area (Å²) >= 11 is 1.75. The van der Waals surface area contributed by atoms with E-state index in [4.69, 9.17) is 4.98 Å². The number of nitrogens with one attached hydrogen (secondary N) is 1. The van der Waals surface area contributed by atoms with Crippen molar-refractivity contribution in [3.05, 3.63) is 26.6 Å². The van der Waals surface area contributed by atoms with Crippen LogP contribution in [-0.4, -0.2) is 28.0 Å². The van der Waals surface area contributed by atoms with Crippen LogP contribution < -0.4 is 5.56 Å². The highest BCUT2D eigenvalue weighted by Crippen LogP contribution is 2.36. The Morgan fingerprint density at radius 3 is 2.68 bits per heavy atom. The topological polar surface area (TPSA) is 49.0 Å². The Morgan fingerprint density at radius 2 is 1.92 bits per heavy atom. The summed E-state index contributed by atoms with van der Waals surface area (Å²) in [7, 11) is 0.